The molecule has 142 valence electrons. The highest BCUT2D eigenvalue weighted by Crippen LogP contribution is 2.24. The lowest BCUT2D eigenvalue weighted by molar-refractivity contribution is 0.0950. The number of rotatable bonds is 6. The number of thioether (sulfide) groups is 1. The van der Waals surface area contributed by atoms with Crippen LogP contribution in [0.15, 0.2) is 63.5 Å². The van der Waals surface area contributed by atoms with Crippen molar-refractivity contribution in [1.82, 2.24) is 19.7 Å². The molecule has 0 spiro atoms. The molecule has 28 heavy (non-hydrogen) atoms. The first-order chi connectivity index (χ1) is 13.6. The number of fused-ring (bicyclic) bond motifs is 1. The van der Waals surface area contributed by atoms with E-state index < -0.39 is 0 Å². The van der Waals surface area contributed by atoms with Gasteiger partial charge >= 0.3 is 0 Å². The minimum absolute atomic E-state index is 0.107. The van der Waals surface area contributed by atoms with Crippen molar-refractivity contribution in [2.75, 3.05) is 0 Å². The van der Waals surface area contributed by atoms with Gasteiger partial charge in [-0.1, -0.05) is 0 Å². The van der Waals surface area contributed by atoms with Crippen LogP contribution in [0.25, 0.3) is 5.65 Å². The zero-order chi connectivity index (χ0) is 19.5. The largest absolute Gasteiger partial charge is 0.346 e. The summed E-state index contributed by atoms with van der Waals surface area (Å²) in [6, 6.07) is 11.5. The SMILES string of the molecule is Cc1nc(CSc2ccc(C(=O)NCc3cn4cc(Br)ccc4n3)cc2)cs1. The Hall–Kier alpha value is -2.16. The molecule has 1 N–H and O–H groups in total. The Morgan fingerprint density at radius 3 is 2.71 bits per heavy atom. The predicted molar refractivity (Wildman–Crippen MR) is 117 cm³/mol. The Bertz CT molecular complexity index is 1120. The van der Waals surface area contributed by atoms with Gasteiger partial charge < -0.3 is 9.72 Å². The van der Waals surface area contributed by atoms with Gasteiger partial charge in [0.15, 0.2) is 0 Å². The van der Waals surface area contributed by atoms with Crippen molar-refractivity contribution in [2.24, 2.45) is 0 Å². The summed E-state index contributed by atoms with van der Waals surface area (Å²) in [6.07, 6.45) is 3.86. The summed E-state index contributed by atoms with van der Waals surface area (Å²) >= 11 is 6.82. The molecule has 1 amide bonds. The number of carbonyl (C=O) groups is 1. The van der Waals surface area contributed by atoms with Gasteiger partial charge in [-0.25, -0.2) is 9.97 Å². The molecule has 0 radical (unpaired) electrons. The molecular weight excluding hydrogens is 456 g/mol. The van der Waals surface area contributed by atoms with Crippen LogP contribution in [0.1, 0.15) is 26.8 Å². The third-order valence-corrected chi connectivity index (χ3v) is 6.40. The summed E-state index contributed by atoms with van der Waals surface area (Å²) in [7, 11) is 0. The molecule has 8 heteroatoms. The summed E-state index contributed by atoms with van der Waals surface area (Å²) in [5, 5.41) is 6.10. The minimum Gasteiger partial charge on any atom is -0.346 e. The molecule has 4 rings (SSSR count). The second-order valence-corrected chi connectivity index (χ2v) is 9.23. The number of pyridine rings is 1. The molecule has 4 aromatic rings. The van der Waals surface area contributed by atoms with Gasteiger partial charge in [0.2, 0.25) is 0 Å². The quantitative estimate of drug-likeness (QED) is 0.397. The number of nitrogens with zero attached hydrogens (tertiary/aromatic N) is 3. The van der Waals surface area contributed by atoms with Crippen molar-refractivity contribution >= 4 is 50.6 Å². The van der Waals surface area contributed by atoms with Gasteiger partial charge in [-0.3, -0.25) is 4.79 Å². The number of imidazole rings is 1. The fourth-order valence-corrected chi connectivity index (χ4v) is 4.57. The van der Waals surface area contributed by atoms with Gasteiger partial charge in [0.25, 0.3) is 5.91 Å². The van der Waals surface area contributed by atoms with Crippen LogP contribution in [-0.2, 0) is 12.3 Å². The smallest absolute Gasteiger partial charge is 0.251 e. The maximum absolute atomic E-state index is 12.4. The number of halogens is 1. The van der Waals surface area contributed by atoms with Crippen LogP contribution >= 0.6 is 39.0 Å². The number of thiazole rings is 1. The van der Waals surface area contributed by atoms with E-state index in [1.165, 1.54) is 0 Å². The lowest BCUT2D eigenvalue weighted by Crippen LogP contribution is -2.22. The molecule has 0 aliphatic rings. The molecule has 0 saturated carbocycles. The van der Waals surface area contributed by atoms with E-state index in [0.29, 0.717) is 12.1 Å². The van der Waals surface area contributed by atoms with Crippen LogP contribution in [0, 0.1) is 6.92 Å². The lowest BCUT2D eigenvalue weighted by Gasteiger charge is -2.05. The summed E-state index contributed by atoms with van der Waals surface area (Å²) in [6.45, 7) is 2.40. The zero-order valence-electron chi connectivity index (χ0n) is 15.1. The van der Waals surface area contributed by atoms with Gasteiger partial charge in [0, 0.05) is 38.5 Å². The summed E-state index contributed by atoms with van der Waals surface area (Å²) < 4.78 is 2.91. The second kappa shape index (κ2) is 8.46. The van der Waals surface area contributed by atoms with Crippen LogP contribution in [-0.4, -0.2) is 20.3 Å². The van der Waals surface area contributed by atoms with E-state index in [4.69, 9.17) is 0 Å². The van der Waals surface area contributed by atoms with E-state index in [0.717, 1.165) is 37.2 Å². The molecule has 1 aromatic carbocycles. The molecule has 3 aromatic heterocycles. The fraction of sp³-hybridized carbons (Fsp3) is 0.150. The van der Waals surface area contributed by atoms with Crippen molar-refractivity contribution in [2.45, 2.75) is 24.1 Å². The second-order valence-electron chi connectivity index (χ2n) is 6.20. The van der Waals surface area contributed by atoms with Gasteiger partial charge in [0.05, 0.1) is 22.9 Å². The zero-order valence-corrected chi connectivity index (χ0v) is 18.3. The van der Waals surface area contributed by atoms with E-state index in [-0.39, 0.29) is 5.91 Å². The summed E-state index contributed by atoms with van der Waals surface area (Å²) in [5.41, 5.74) is 3.40. The Labute approximate surface area is 179 Å². The molecule has 3 heterocycles. The summed E-state index contributed by atoms with van der Waals surface area (Å²) in [5.74, 6) is 0.727. The Morgan fingerprint density at radius 1 is 1.14 bits per heavy atom. The molecule has 0 atom stereocenters. The average molecular weight is 473 g/mol. The van der Waals surface area contributed by atoms with Gasteiger partial charge in [-0.2, -0.15) is 0 Å². The van der Waals surface area contributed by atoms with Crippen LogP contribution in [0.2, 0.25) is 0 Å². The van der Waals surface area contributed by atoms with E-state index in [9.17, 15) is 4.79 Å². The molecule has 0 aliphatic heterocycles. The number of hydrogen-bond donors (Lipinski definition) is 1. The van der Waals surface area contributed by atoms with E-state index in [1.807, 2.05) is 60.1 Å². The van der Waals surface area contributed by atoms with Crippen LogP contribution in [0.3, 0.4) is 0 Å². The summed E-state index contributed by atoms with van der Waals surface area (Å²) in [4.78, 5) is 22.5. The number of hydrogen-bond acceptors (Lipinski definition) is 5. The number of amides is 1. The number of aryl methyl sites for hydroxylation is 1. The third-order valence-electron chi connectivity index (χ3n) is 4.06. The monoisotopic (exact) mass is 472 g/mol. The van der Waals surface area contributed by atoms with Gasteiger partial charge in [-0.05, 0) is 59.3 Å². The topological polar surface area (TPSA) is 59.3 Å². The van der Waals surface area contributed by atoms with Crippen LogP contribution in [0.5, 0.6) is 0 Å². The van der Waals surface area contributed by atoms with Crippen molar-refractivity contribution in [1.29, 1.82) is 0 Å². The maximum atomic E-state index is 12.4. The highest BCUT2D eigenvalue weighted by atomic mass is 79.9. The van der Waals surface area contributed by atoms with Crippen molar-refractivity contribution in [3.8, 4) is 0 Å². The normalized spacial score (nSPS) is 11.1. The molecular formula is C20H17BrN4OS2. The number of carbonyl (C=O) groups excluding carboxylic acids is 1. The number of aromatic nitrogens is 3. The Kier molecular flexibility index (Phi) is 5.79. The highest BCUT2D eigenvalue weighted by molar-refractivity contribution is 9.10. The van der Waals surface area contributed by atoms with Crippen molar-refractivity contribution in [3.63, 3.8) is 0 Å². The van der Waals surface area contributed by atoms with Gasteiger partial charge in [-0.15, -0.1) is 23.1 Å². The maximum Gasteiger partial charge on any atom is 0.251 e. The molecule has 5 nitrogen and oxygen atoms in total. The van der Waals surface area contributed by atoms with Crippen LogP contribution < -0.4 is 5.32 Å². The lowest BCUT2D eigenvalue weighted by atomic mass is 10.2. The van der Waals surface area contributed by atoms with Crippen molar-refractivity contribution in [3.05, 3.63) is 80.6 Å². The van der Waals surface area contributed by atoms with E-state index in [2.05, 4.69) is 36.6 Å². The van der Waals surface area contributed by atoms with Crippen LogP contribution in [0.4, 0.5) is 0 Å². The van der Waals surface area contributed by atoms with E-state index >= 15 is 0 Å². The molecule has 0 unspecified atom stereocenters. The molecule has 0 fully saturated rings. The number of nitrogens with one attached hydrogen (secondary N) is 1. The van der Waals surface area contributed by atoms with Gasteiger partial charge in [0.1, 0.15) is 5.65 Å². The predicted octanol–water partition coefficient (Wildman–Crippen LogP) is 5.08. The number of benzene rings is 1. The first-order valence-electron chi connectivity index (χ1n) is 8.62. The minimum atomic E-state index is -0.107. The third kappa shape index (κ3) is 4.63. The average Bonchev–Trinajstić information content (AvgIpc) is 3.30. The highest BCUT2D eigenvalue weighted by Gasteiger charge is 2.08. The first-order valence-corrected chi connectivity index (χ1v) is 11.3. The Balaban J connectivity index is 1.33. The fourth-order valence-electron chi connectivity index (χ4n) is 2.71. The molecule has 0 bridgehead atoms. The standard InChI is InChI=1S/C20H17BrN4OS2/c1-13-23-17(11-27-13)12-28-18-5-2-14(3-6-18)20(26)22-8-16-10-25-9-15(21)4-7-19(25)24-16/h2-7,9-11H,8,12H2,1H3,(H,22,26). The van der Waals surface area contributed by atoms with E-state index in [1.54, 1.807) is 23.1 Å². The Morgan fingerprint density at radius 2 is 1.96 bits per heavy atom. The van der Waals surface area contributed by atoms with Crippen molar-refractivity contribution < 1.29 is 4.79 Å². The molecule has 0 saturated heterocycles. The first kappa shape index (κ1) is 19.2. The molecule has 0 aliphatic carbocycles.